The van der Waals surface area contributed by atoms with Crippen LogP contribution < -0.4 is 0 Å². The molecule has 16 heavy (non-hydrogen) atoms. The van der Waals surface area contributed by atoms with Gasteiger partial charge in [0.25, 0.3) is 0 Å². The van der Waals surface area contributed by atoms with Crippen LogP contribution in [-0.4, -0.2) is 11.2 Å². The smallest absolute Gasteiger partial charge is 0.0581 e. The van der Waals surface area contributed by atoms with Crippen LogP contribution in [0.2, 0.25) is 10.0 Å². The number of hydrogen-bond acceptors (Lipinski definition) is 1. The second-order valence-electron chi connectivity index (χ2n) is 4.61. The number of aliphatic hydroxyl groups excluding tert-OH is 1. The average Bonchev–Trinajstić information content (AvgIpc) is 3.03. The van der Waals surface area contributed by atoms with Crippen molar-refractivity contribution < 1.29 is 5.11 Å². The third-order valence-corrected chi connectivity index (χ3v) is 3.66. The van der Waals surface area contributed by atoms with Gasteiger partial charge in [0.15, 0.2) is 0 Å². The molecular weight excluding hydrogens is 243 g/mol. The molecule has 1 nitrogen and oxygen atoms in total. The zero-order valence-corrected chi connectivity index (χ0v) is 10.6. The summed E-state index contributed by atoms with van der Waals surface area (Å²) in [5.74, 6) is 0.871. The zero-order valence-electron chi connectivity index (χ0n) is 9.13. The maximum absolute atomic E-state index is 9.88. The number of aliphatic hydroxyl groups is 1. The van der Waals surface area contributed by atoms with Crippen LogP contribution in [0.5, 0.6) is 0 Å². The molecule has 1 aliphatic carbocycles. The Hall–Kier alpha value is -0.240. The second-order valence-corrected chi connectivity index (χ2v) is 5.46. The summed E-state index contributed by atoms with van der Waals surface area (Å²) in [7, 11) is 0. The SMILES string of the molecule is OC(CCC1CC1)Cc1ccc(Cl)cc1Cl. The molecule has 1 N–H and O–H groups in total. The third-order valence-electron chi connectivity index (χ3n) is 3.08. The summed E-state index contributed by atoms with van der Waals surface area (Å²) in [6.07, 6.45) is 5.06. The molecule has 0 bridgehead atoms. The first-order chi connectivity index (χ1) is 7.65. The highest BCUT2D eigenvalue weighted by atomic mass is 35.5. The Balaban J connectivity index is 1.86. The monoisotopic (exact) mass is 258 g/mol. The van der Waals surface area contributed by atoms with E-state index in [9.17, 15) is 5.11 Å². The van der Waals surface area contributed by atoms with E-state index in [1.807, 2.05) is 12.1 Å². The van der Waals surface area contributed by atoms with Crippen molar-refractivity contribution in [3.63, 3.8) is 0 Å². The Morgan fingerprint density at radius 1 is 1.31 bits per heavy atom. The van der Waals surface area contributed by atoms with Crippen LogP contribution >= 0.6 is 23.2 Å². The Bertz CT molecular complexity index is 361. The van der Waals surface area contributed by atoms with Crippen molar-refractivity contribution in [3.05, 3.63) is 33.8 Å². The zero-order chi connectivity index (χ0) is 11.5. The van der Waals surface area contributed by atoms with Crippen LogP contribution in [-0.2, 0) is 6.42 Å². The van der Waals surface area contributed by atoms with E-state index >= 15 is 0 Å². The Labute approximate surface area is 106 Å². The molecule has 1 aromatic carbocycles. The topological polar surface area (TPSA) is 20.2 Å². The van der Waals surface area contributed by atoms with Gasteiger partial charge in [-0.05, 0) is 42.9 Å². The van der Waals surface area contributed by atoms with E-state index in [0.717, 1.165) is 24.3 Å². The largest absolute Gasteiger partial charge is 0.393 e. The molecule has 1 saturated carbocycles. The Morgan fingerprint density at radius 2 is 2.06 bits per heavy atom. The summed E-state index contributed by atoms with van der Waals surface area (Å²) in [5.41, 5.74) is 0.981. The number of halogens is 2. The van der Waals surface area contributed by atoms with Gasteiger partial charge in [-0.3, -0.25) is 0 Å². The lowest BCUT2D eigenvalue weighted by Gasteiger charge is -2.11. The average molecular weight is 259 g/mol. The summed E-state index contributed by atoms with van der Waals surface area (Å²) < 4.78 is 0. The molecule has 0 amide bonds. The number of benzene rings is 1. The fourth-order valence-corrected chi connectivity index (χ4v) is 2.36. The van der Waals surface area contributed by atoms with Crippen LogP contribution in [0.25, 0.3) is 0 Å². The maximum atomic E-state index is 9.88. The molecule has 1 aromatic rings. The normalized spacial score (nSPS) is 17.4. The summed E-state index contributed by atoms with van der Waals surface area (Å²) >= 11 is 11.9. The minimum Gasteiger partial charge on any atom is -0.393 e. The lowest BCUT2D eigenvalue weighted by Crippen LogP contribution is -2.10. The van der Waals surface area contributed by atoms with E-state index in [4.69, 9.17) is 23.2 Å². The van der Waals surface area contributed by atoms with E-state index in [1.54, 1.807) is 6.07 Å². The van der Waals surface area contributed by atoms with Gasteiger partial charge in [0.1, 0.15) is 0 Å². The van der Waals surface area contributed by atoms with Gasteiger partial charge in [-0.25, -0.2) is 0 Å². The first-order valence-electron chi connectivity index (χ1n) is 5.77. The van der Waals surface area contributed by atoms with Gasteiger partial charge in [-0.1, -0.05) is 42.1 Å². The lowest BCUT2D eigenvalue weighted by atomic mass is 10.0. The minimum atomic E-state index is -0.278. The van der Waals surface area contributed by atoms with Crippen LogP contribution in [0.3, 0.4) is 0 Å². The maximum Gasteiger partial charge on any atom is 0.0581 e. The first kappa shape index (κ1) is 12.2. The van der Waals surface area contributed by atoms with Crippen molar-refractivity contribution in [2.45, 2.75) is 38.2 Å². The Kier molecular flexibility index (Phi) is 4.12. The highest BCUT2D eigenvalue weighted by molar-refractivity contribution is 6.35. The van der Waals surface area contributed by atoms with Crippen molar-refractivity contribution in [2.24, 2.45) is 5.92 Å². The number of hydrogen-bond donors (Lipinski definition) is 1. The number of rotatable bonds is 5. The van der Waals surface area contributed by atoms with Gasteiger partial charge < -0.3 is 5.11 Å². The van der Waals surface area contributed by atoms with Gasteiger partial charge >= 0.3 is 0 Å². The molecule has 1 fully saturated rings. The van der Waals surface area contributed by atoms with Gasteiger partial charge in [0.2, 0.25) is 0 Å². The molecule has 0 aliphatic heterocycles. The molecule has 0 radical (unpaired) electrons. The van der Waals surface area contributed by atoms with E-state index in [1.165, 1.54) is 12.8 Å². The van der Waals surface area contributed by atoms with E-state index in [0.29, 0.717) is 16.5 Å². The van der Waals surface area contributed by atoms with Crippen LogP contribution in [0.4, 0.5) is 0 Å². The fourth-order valence-electron chi connectivity index (χ4n) is 1.88. The van der Waals surface area contributed by atoms with E-state index < -0.39 is 0 Å². The Morgan fingerprint density at radius 3 is 2.69 bits per heavy atom. The molecule has 1 aliphatic rings. The van der Waals surface area contributed by atoms with Gasteiger partial charge in [-0.2, -0.15) is 0 Å². The van der Waals surface area contributed by atoms with Crippen molar-refractivity contribution in [1.29, 1.82) is 0 Å². The second kappa shape index (κ2) is 5.39. The predicted octanol–water partition coefficient (Wildman–Crippen LogP) is 4.09. The molecule has 3 heteroatoms. The summed E-state index contributed by atoms with van der Waals surface area (Å²) in [4.78, 5) is 0. The summed E-state index contributed by atoms with van der Waals surface area (Å²) in [6, 6.07) is 5.44. The standard InChI is InChI=1S/C13H16Cl2O/c14-11-5-4-10(13(15)8-11)7-12(16)6-3-9-1-2-9/h4-5,8-9,12,16H,1-3,6-7H2. The van der Waals surface area contributed by atoms with Gasteiger partial charge in [-0.15, -0.1) is 0 Å². The van der Waals surface area contributed by atoms with E-state index in [-0.39, 0.29) is 6.10 Å². The summed E-state index contributed by atoms with van der Waals surface area (Å²) in [5, 5.41) is 11.2. The lowest BCUT2D eigenvalue weighted by molar-refractivity contribution is 0.160. The first-order valence-corrected chi connectivity index (χ1v) is 6.52. The molecule has 0 spiro atoms. The quantitative estimate of drug-likeness (QED) is 0.844. The van der Waals surface area contributed by atoms with E-state index in [2.05, 4.69) is 0 Å². The highest BCUT2D eigenvalue weighted by Gasteiger charge is 2.22. The molecule has 1 unspecified atom stereocenters. The predicted molar refractivity (Wildman–Crippen MR) is 68.1 cm³/mol. The van der Waals surface area contributed by atoms with Crippen LogP contribution in [0, 0.1) is 5.92 Å². The summed E-state index contributed by atoms with van der Waals surface area (Å²) in [6.45, 7) is 0. The highest BCUT2D eigenvalue weighted by Crippen LogP contribution is 2.34. The third kappa shape index (κ3) is 3.65. The van der Waals surface area contributed by atoms with Gasteiger partial charge in [0.05, 0.1) is 6.10 Å². The molecule has 0 saturated heterocycles. The van der Waals surface area contributed by atoms with Crippen LogP contribution in [0.1, 0.15) is 31.2 Å². The van der Waals surface area contributed by atoms with Crippen molar-refractivity contribution in [2.75, 3.05) is 0 Å². The molecule has 0 heterocycles. The minimum absolute atomic E-state index is 0.278. The molecular formula is C13H16Cl2O. The molecule has 1 atom stereocenters. The van der Waals surface area contributed by atoms with Crippen molar-refractivity contribution in [1.82, 2.24) is 0 Å². The van der Waals surface area contributed by atoms with Crippen molar-refractivity contribution in [3.8, 4) is 0 Å². The van der Waals surface area contributed by atoms with Crippen molar-refractivity contribution >= 4 is 23.2 Å². The molecule has 0 aromatic heterocycles. The fraction of sp³-hybridized carbons (Fsp3) is 0.538. The van der Waals surface area contributed by atoms with Crippen LogP contribution in [0.15, 0.2) is 18.2 Å². The molecule has 88 valence electrons. The van der Waals surface area contributed by atoms with Gasteiger partial charge in [0, 0.05) is 10.0 Å². The molecule has 2 rings (SSSR count).